The fraction of sp³-hybridized carbons (Fsp3) is 0.350. The van der Waals surface area contributed by atoms with Gasteiger partial charge in [-0.3, -0.25) is 0 Å². The second kappa shape index (κ2) is 7.82. The highest BCUT2D eigenvalue weighted by Gasteiger charge is 2.43. The number of hydrogen-bond donors (Lipinski definition) is 1. The molecule has 10 heteroatoms. The molecule has 0 spiro atoms. The molecule has 0 aromatic heterocycles. The standard InChI is InChI=1S/C20H18F6N2O2/c1-28-11-18(27-17(28)29,14-5-3-2-4-6-14)12-30-10-13-7-15(19(21,22)23)9-16(8-13)20(24,25)26/h2-9H,10-12H2,1H3,(H,27,29). The molecule has 1 aliphatic heterocycles. The molecule has 1 saturated heterocycles. The third-order valence-electron chi connectivity index (χ3n) is 4.79. The maximum atomic E-state index is 13.0. The number of nitrogens with zero attached hydrogens (tertiary/aromatic N) is 1. The highest BCUT2D eigenvalue weighted by Crippen LogP contribution is 2.36. The Kier molecular flexibility index (Phi) is 5.72. The minimum Gasteiger partial charge on any atom is -0.374 e. The van der Waals surface area contributed by atoms with Gasteiger partial charge < -0.3 is 15.0 Å². The Morgan fingerprint density at radius 1 is 1.00 bits per heavy atom. The number of benzene rings is 2. The topological polar surface area (TPSA) is 41.6 Å². The fourth-order valence-electron chi connectivity index (χ4n) is 3.35. The minimum absolute atomic E-state index is 0.0705. The first-order chi connectivity index (χ1) is 13.9. The van der Waals surface area contributed by atoms with E-state index in [1.807, 2.05) is 0 Å². The second-order valence-corrected chi connectivity index (χ2v) is 7.14. The number of ether oxygens (including phenoxy) is 1. The maximum Gasteiger partial charge on any atom is 0.416 e. The van der Waals surface area contributed by atoms with Gasteiger partial charge in [-0.15, -0.1) is 0 Å². The molecule has 1 N–H and O–H groups in total. The summed E-state index contributed by atoms with van der Waals surface area (Å²) in [6.07, 6.45) is -9.85. The number of nitrogens with one attached hydrogen (secondary N) is 1. The van der Waals surface area contributed by atoms with Gasteiger partial charge in [0.15, 0.2) is 0 Å². The van der Waals surface area contributed by atoms with Gasteiger partial charge in [0.2, 0.25) is 0 Å². The summed E-state index contributed by atoms with van der Waals surface area (Å²) in [5, 5.41) is 2.79. The van der Waals surface area contributed by atoms with Crippen molar-refractivity contribution in [3.63, 3.8) is 0 Å². The molecule has 0 saturated carbocycles. The van der Waals surface area contributed by atoms with Crippen molar-refractivity contribution in [2.24, 2.45) is 0 Å². The first kappa shape index (κ1) is 21.9. The van der Waals surface area contributed by atoms with E-state index in [-0.39, 0.29) is 30.8 Å². The lowest BCUT2D eigenvalue weighted by Gasteiger charge is -2.29. The van der Waals surface area contributed by atoms with Crippen LogP contribution in [0, 0.1) is 0 Å². The van der Waals surface area contributed by atoms with Gasteiger partial charge in [0.25, 0.3) is 0 Å². The van der Waals surface area contributed by atoms with E-state index in [0.29, 0.717) is 17.7 Å². The lowest BCUT2D eigenvalue weighted by Crippen LogP contribution is -2.44. The Labute approximate surface area is 168 Å². The quantitative estimate of drug-likeness (QED) is 0.691. The summed E-state index contributed by atoms with van der Waals surface area (Å²) in [4.78, 5) is 13.4. The van der Waals surface area contributed by atoms with Crippen LogP contribution < -0.4 is 5.32 Å². The molecular weight excluding hydrogens is 414 g/mol. The molecule has 4 nitrogen and oxygen atoms in total. The van der Waals surface area contributed by atoms with Crippen LogP contribution in [0.3, 0.4) is 0 Å². The molecule has 0 aliphatic carbocycles. The Hall–Kier alpha value is -2.75. The van der Waals surface area contributed by atoms with Gasteiger partial charge in [-0.2, -0.15) is 26.3 Å². The van der Waals surface area contributed by atoms with E-state index >= 15 is 0 Å². The summed E-state index contributed by atoms with van der Waals surface area (Å²) < 4.78 is 83.6. The third-order valence-corrected chi connectivity index (χ3v) is 4.79. The van der Waals surface area contributed by atoms with Crippen molar-refractivity contribution in [2.45, 2.75) is 24.5 Å². The Bertz CT molecular complexity index is 881. The third kappa shape index (κ3) is 4.69. The van der Waals surface area contributed by atoms with Crippen molar-refractivity contribution in [1.82, 2.24) is 10.2 Å². The lowest BCUT2D eigenvalue weighted by molar-refractivity contribution is -0.143. The van der Waals surface area contributed by atoms with E-state index < -0.39 is 35.6 Å². The van der Waals surface area contributed by atoms with Crippen LogP contribution in [0.15, 0.2) is 48.5 Å². The molecular formula is C20H18F6N2O2. The molecule has 1 fully saturated rings. The van der Waals surface area contributed by atoms with Gasteiger partial charge in [-0.1, -0.05) is 30.3 Å². The monoisotopic (exact) mass is 432 g/mol. The summed E-state index contributed by atoms with van der Waals surface area (Å²) >= 11 is 0. The van der Waals surface area contributed by atoms with Gasteiger partial charge in [0, 0.05) is 7.05 Å². The summed E-state index contributed by atoms with van der Waals surface area (Å²) in [6.45, 7) is -0.391. The molecule has 1 heterocycles. The smallest absolute Gasteiger partial charge is 0.374 e. The highest BCUT2D eigenvalue weighted by atomic mass is 19.4. The van der Waals surface area contributed by atoms with E-state index in [9.17, 15) is 31.1 Å². The molecule has 2 amide bonds. The summed E-state index contributed by atoms with van der Waals surface area (Å²) in [6, 6.07) is 9.77. The number of amides is 2. The zero-order valence-corrected chi connectivity index (χ0v) is 15.8. The predicted molar refractivity (Wildman–Crippen MR) is 95.4 cm³/mol. The second-order valence-electron chi connectivity index (χ2n) is 7.14. The molecule has 30 heavy (non-hydrogen) atoms. The summed E-state index contributed by atoms with van der Waals surface area (Å²) in [7, 11) is 1.57. The summed E-state index contributed by atoms with van der Waals surface area (Å²) in [5.41, 5.74) is -3.33. The number of hydrogen-bond acceptors (Lipinski definition) is 2. The minimum atomic E-state index is -4.93. The molecule has 0 bridgehead atoms. The normalized spacial score (nSPS) is 19.8. The van der Waals surface area contributed by atoms with Crippen LogP contribution in [0.5, 0.6) is 0 Å². The number of urea groups is 1. The number of rotatable bonds is 5. The number of halogens is 6. The predicted octanol–water partition coefficient (Wildman–Crippen LogP) is 4.79. The molecule has 0 radical (unpaired) electrons. The van der Waals surface area contributed by atoms with Crippen molar-refractivity contribution < 1.29 is 35.9 Å². The molecule has 162 valence electrons. The largest absolute Gasteiger partial charge is 0.416 e. The van der Waals surface area contributed by atoms with E-state index in [2.05, 4.69) is 5.32 Å². The molecule has 1 unspecified atom stereocenters. The Balaban J connectivity index is 1.83. The molecule has 3 rings (SSSR count). The van der Waals surface area contributed by atoms with E-state index in [4.69, 9.17) is 4.74 Å². The van der Waals surface area contributed by atoms with Crippen LogP contribution in [0.25, 0.3) is 0 Å². The van der Waals surface area contributed by atoms with Crippen LogP contribution in [0.1, 0.15) is 22.3 Å². The zero-order valence-electron chi connectivity index (χ0n) is 15.8. The van der Waals surface area contributed by atoms with Gasteiger partial charge in [-0.05, 0) is 29.3 Å². The first-order valence-corrected chi connectivity index (χ1v) is 8.86. The average molecular weight is 432 g/mol. The number of carbonyl (C=O) groups is 1. The lowest BCUT2D eigenvalue weighted by atomic mass is 9.91. The van der Waals surface area contributed by atoms with Crippen LogP contribution in [0.2, 0.25) is 0 Å². The zero-order chi connectivity index (χ0) is 22.2. The molecule has 1 aliphatic rings. The van der Waals surface area contributed by atoms with Crippen LogP contribution in [0.4, 0.5) is 31.1 Å². The van der Waals surface area contributed by atoms with Crippen molar-refractivity contribution in [3.8, 4) is 0 Å². The van der Waals surface area contributed by atoms with Crippen LogP contribution >= 0.6 is 0 Å². The van der Waals surface area contributed by atoms with E-state index in [1.54, 1.807) is 37.4 Å². The SMILES string of the molecule is CN1CC(COCc2cc(C(F)(F)F)cc(C(F)(F)F)c2)(c2ccccc2)NC1=O. The maximum absolute atomic E-state index is 13.0. The van der Waals surface area contributed by atoms with Crippen molar-refractivity contribution in [2.75, 3.05) is 20.2 Å². The van der Waals surface area contributed by atoms with E-state index in [0.717, 1.165) is 0 Å². The van der Waals surface area contributed by atoms with Gasteiger partial charge >= 0.3 is 18.4 Å². The number of likely N-dealkylation sites (N-methyl/N-ethyl adjacent to an activating group) is 1. The molecule has 2 aromatic rings. The van der Waals surface area contributed by atoms with Gasteiger partial charge in [-0.25, -0.2) is 4.79 Å². The molecule has 1 atom stereocenters. The average Bonchev–Trinajstić information content (AvgIpc) is 2.96. The first-order valence-electron chi connectivity index (χ1n) is 8.86. The Morgan fingerprint density at radius 2 is 1.57 bits per heavy atom. The fourth-order valence-corrected chi connectivity index (χ4v) is 3.35. The highest BCUT2D eigenvalue weighted by molar-refractivity contribution is 5.78. The van der Waals surface area contributed by atoms with Crippen molar-refractivity contribution >= 4 is 6.03 Å². The number of carbonyl (C=O) groups excluding carboxylic acids is 1. The van der Waals surface area contributed by atoms with Crippen LogP contribution in [-0.4, -0.2) is 31.1 Å². The number of alkyl halides is 6. The van der Waals surface area contributed by atoms with Crippen LogP contribution in [-0.2, 0) is 29.2 Å². The van der Waals surface area contributed by atoms with Gasteiger partial charge in [0.1, 0.15) is 5.54 Å². The van der Waals surface area contributed by atoms with Gasteiger partial charge in [0.05, 0.1) is 30.9 Å². The van der Waals surface area contributed by atoms with Crippen molar-refractivity contribution in [1.29, 1.82) is 0 Å². The Morgan fingerprint density at radius 3 is 2.03 bits per heavy atom. The van der Waals surface area contributed by atoms with E-state index in [1.165, 1.54) is 4.90 Å². The molecule has 2 aromatic carbocycles. The summed E-state index contributed by atoms with van der Waals surface area (Å²) in [5.74, 6) is 0. The van der Waals surface area contributed by atoms with Crippen molar-refractivity contribution in [3.05, 3.63) is 70.8 Å².